The highest BCUT2D eigenvalue weighted by Crippen LogP contribution is 2.26. The molecule has 0 radical (unpaired) electrons. The predicted octanol–water partition coefficient (Wildman–Crippen LogP) is 3.41. The van der Waals surface area contributed by atoms with Crippen LogP contribution in [0, 0.1) is 0 Å². The second-order valence-corrected chi connectivity index (χ2v) is 4.67. The fraction of sp³-hybridized carbons (Fsp3) is 0.200. The molecule has 2 aromatic heterocycles. The van der Waals surface area contributed by atoms with Crippen molar-refractivity contribution in [2.45, 2.75) is 20.0 Å². The zero-order valence-corrected chi connectivity index (χ0v) is 10.9. The number of pyridine rings is 1. The van der Waals surface area contributed by atoms with Gasteiger partial charge in [-0.25, -0.2) is 4.98 Å². The molecule has 1 aromatic carbocycles. The molecule has 0 aliphatic heterocycles. The first-order valence-electron chi connectivity index (χ1n) is 6.30. The van der Waals surface area contributed by atoms with E-state index in [1.807, 2.05) is 50.2 Å². The number of hydrogen-bond donors (Lipinski definition) is 1. The van der Waals surface area contributed by atoms with Crippen LogP contribution < -0.4 is 4.74 Å². The lowest BCUT2D eigenvalue weighted by Crippen LogP contribution is -2.06. The monoisotopic (exact) mass is 253 g/mol. The summed E-state index contributed by atoms with van der Waals surface area (Å²) >= 11 is 0. The summed E-state index contributed by atoms with van der Waals surface area (Å²) in [5.41, 5.74) is 2.92. The van der Waals surface area contributed by atoms with Gasteiger partial charge in [-0.1, -0.05) is 18.2 Å². The molecule has 4 heteroatoms. The van der Waals surface area contributed by atoms with Crippen molar-refractivity contribution in [3.05, 3.63) is 42.6 Å². The summed E-state index contributed by atoms with van der Waals surface area (Å²) < 4.78 is 5.53. The van der Waals surface area contributed by atoms with E-state index in [-0.39, 0.29) is 6.10 Å². The summed E-state index contributed by atoms with van der Waals surface area (Å²) in [4.78, 5) is 4.31. The third-order valence-corrected chi connectivity index (χ3v) is 2.84. The van der Waals surface area contributed by atoms with Gasteiger partial charge in [0.05, 0.1) is 11.6 Å². The smallest absolute Gasteiger partial charge is 0.213 e. The molecular weight excluding hydrogens is 238 g/mol. The Balaban J connectivity index is 1.98. The van der Waals surface area contributed by atoms with Crippen LogP contribution in [0.5, 0.6) is 5.88 Å². The predicted molar refractivity (Wildman–Crippen MR) is 75.1 cm³/mol. The van der Waals surface area contributed by atoms with Gasteiger partial charge in [0.25, 0.3) is 0 Å². The third-order valence-electron chi connectivity index (χ3n) is 2.84. The van der Waals surface area contributed by atoms with E-state index in [2.05, 4.69) is 15.2 Å². The van der Waals surface area contributed by atoms with Crippen LogP contribution in [0.3, 0.4) is 0 Å². The lowest BCUT2D eigenvalue weighted by molar-refractivity contribution is 0.232. The van der Waals surface area contributed by atoms with Crippen molar-refractivity contribution in [2.24, 2.45) is 0 Å². The molecule has 0 amide bonds. The Kier molecular flexibility index (Phi) is 2.91. The maximum atomic E-state index is 5.53. The topological polar surface area (TPSA) is 50.8 Å². The molecule has 4 nitrogen and oxygen atoms in total. The van der Waals surface area contributed by atoms with Crippen LogP contribution in [0.15, 0.2) is 42.6 Å². The number of H-pyrrole nitrogens is 1. The lowest BCUT2D eigenvalue weighted by atomic mass is 10.1. The Morgan fingerprint density at radius 3 is 2.68 bits per heavy atom. The van der Waals surface area contributed by atoms with E-state index in [9.17, 15) is 0 Å². The largest absolute Gasteiger partial charge is 0.475 e. The Labute approximate surface area is 111 Å². The van der Waals surface area contributed by atoms with Gasteiger partial charge in [-0.15, -0.1) is 0 Å². The van der Waals surface area contributed by atoms with Gasteiger partial charge in [0.15, 0.2) is 0 Å². The average Bonchev–Trinajstić information content (AvgIpc) is 2.83. The number of aromatic amines is 1. The fourth-order valence-corrected chi connectivity index (χ4v) is 2.02. The number of nitrogens with zero attached hydrogens (tertiary/aromatic N) is 2. The molecule has 19 heavy (non-hydrogen) atoms. The molecule has 3 aromatic rings. The number of ether oxygens (including phenoxy) is 1. The fourth-order valence-electron chi connectivity index (χ4n) is 2.02. The summed E-state index contributed by atoms with van der Waals surface area (Å²) in [7, 11) is 0. The molecule has 0 spiro atoms. The van der Waals surface area contributed by atoms with Crippen molar-refractivity contribution in [3.8, 4) is 17.1 Å². The van der Waals surface area contributed by atoms with Crippen LogP contribution in [-0.2, 0) is 0 Å². The highest BCUT2D eigenvalue weighted by molar-refractivity contribution is 5.92. The number of rotatable bonds is 3. The van der Waals surface area contributed by atoms with Crippen molar-refractivity contribution < 1.29 is 4.74 Å². The number of fused-ring (bicyclic) bond motifs is 1. The van der Waals surface area contributed by atoms with E-state index in [1.54, 1.807) is 6.20 Å². The first-order valence-corrected chi connectivity index (χ1v) is 6.30. The Hall–Kier alpha value is -2.36. The molecule has 0 saturated heterocycles. The third kappa shape index (κ3) is 2.29. The first kappa shape index (κ1) is 11.7. The minimum atomic E-state index is 0.129. The van der Waals surface area contributed by atoms with Gasteiger partial charge in [-0.05, 0) is 26.0 Å². The molecule has 0 bridgehead atoms. The molecule has 0 fully saturated rings. The normalized spacial score (nSPS) is 11.1. The molecule has 0 unspecified atom stereocenters. The van der Waals surface area contributed by atoms with E-state index in [0.29, 0.717) is 5.88 Å². The van der Waals surface area contributed by atoms with Crippen LogP contribution >= 0.6 is 0 Å². The van der Waals surface area contributed by atoms with Gasteiger partial charge in [0.1, 0.15) is 5.69 Å². The first-order chi connectivity index (χ1) is 9.24. The summed E-state index contributed by atoms with van der Waals surface area (Å²) in [5, 5.41) is 8.47. The quantitative estimate of drug-likeness (QED) is 0.778. The van der Waals surface area contributed by atoms with Crippen LogP contribution in [0.25, 0.3) is 22.2 Å². The molecule has 96 valence electrons. The van der Waals surface area contributed by atoms with E-state index in [1.165, 1.54) is 0 Å². The maximum Gasteiger partial charge on any atom is 0.213 e. The highest BCUT2D eigenvalue weighted by Gasteiger charge is 2.08. The lowest BCUT2D eigenvalue weighted by Gasteiger charge is -2.08. The van der Waals surface area contributed by atoms with Crippen molar-refractivity contribution in [3.63, 3.8) is 0 Å². The van der Waals surface area contributed by atoms with Gasteiger partial charge >= 0.3 is 0 Å². The van der Waals surface area contributed by atoms with Gasteiger partial charge in [-0.3, -0.25) is 5.10 Å². The van der Waals surface area contributed by atoms with Gasteiger partial charge in [0, 0.05) is 23.2 Å². The van der Waals surface area contributed by atoms with Crippen molar-refractivity contribution in [2.75, 3.05) is 0 Å². The molecule has 1 N–H and O–H groups in total. The van der Waals surface area contributed by atoms with E-state index in [4.69, 9.17) is 4.74 Å². The molecule has 2 heterocycles. The van der Waals surface area contributed by atoms with Gasteiger partial charge in [0.2, 0.25) is 5.88 Å². The summed E-state index contributed by atoms with van der Waals surface area (Å²) in [6.45, 7) is 3.97. The molecule has 0 atom stereocenters. The van der Waals surface area contributed by atoms with E-state index >= 15 is 0 Å². The van der Waals surface area contributed by atoms with Crippen LogP contribution in [0.4, 0.5) is 0 Å². The van der Waals surface area contributed by atoms with E-state index < -0.39 is 0 Å². The zero-order chi connectivity index (χ0) is 13.2. The number of aromatic nitrogens is 3. The van der Waals surface area contributed by atoms with Gasteiger partial charge in [-0.2, -0.15) is 5.10 Å². The van der Waals surface area contributed by atoms with Crippen LogP contribution in [-0.4, -0.2) is 21.3 Å². The second kappa shape index (κ2) is 4.72. The zero-order valence-electron chi connectivity index (χ0n) is 10.9. The number of benzene rings is 1. The Bertz CT molecular complexity index is 686. The Morgan fingerprint density at radius 2 is 1.95 bits per heavy atom. The van der Waals surface area contributed by atoms with Crippen molar-refractivity contribution >= 4 is 10.9 Å². The minimum Gasteiger partial charge on any atom is -0.475 e. The Morgan fingerprint density at radius 1 is 1.11 bits per heavy atom. The maximum absolute atomic E-state index is 5.53. The molecule has 3 rings (SSSR count). The van der Waals surface area contributed by atoms with E-state index in [0.717, 1.165) is 22.2 Å². The highest BCUT2D eigenvalue weighted by atomic mass is 16.5. The SMILES string of the molecule is CC(C)Oc1ccc(-c2n[nH]c3ccccc23)cn1. The average molecular weight is 253 g/mol. The molecule has 0 aliphatic carbocycles. The summed E-state index contributed by atoms with van der Waals surface area (Å²) in [6.07, 6.45) is 1.92. The van der Waals surface area contributed by atoms with Crippen LogP contribution in [0.1, 0.15) is 13.8 Å². The summed E-state index contributed by atoms with van der Waals surface area (Å²) in [6, 6.07) is 11.9. The van der Waals surface area contributed by atoms with Crippen molar-refractivity contribution in [1.82, 2.24) is 15.2 Å². The number of para-hydroxylation sites is 1. The second-order valence-electron chi connectivity index (χ2n) is 4.67. The van der Waals surface area contributed by atoms with Crippen molar-refractivity contribution in [1.29, 1.82) is 0 Å². The molecular formula is C15H15N3O. The molecule has 0 aliphatic rings. The number of hydrogen-bond acceptors (Lipinski definition) is 3. The standard InChI is InChI=1S/C15H15N3O/c1-10(2)19-14-8-7-11(9-16-14)15-12-5-3-4-6-13(12)17-18-15/h3-10H,1-2H3,(H,17,18). The molecule has 0 saturated carbocycles. The number of nitrogens with one attached hydrogen (secondary N) is 1. The summed E-state index contributed by atoms with van der Waals surface area (Å²) in [5.74, 6) is 0.638. The van der Waals surface area contributed by atoms with Gasteiger partial charge < -0.3 is 4.74 Å². The minimum absolute atomic E-state index is 0.129. The van der Waals surface area contributed by atoms with Crippen LogP contribution in [0.2, 0.25) is 0 Å².